The van der Waals surface area contributed by atoms with Crippen molar-refractivity contribution in [2.24, 2.45) is 0 Å². The average Bonchev–Trinajstić information content (AvgIpc) is 2.74. The van der Waals surface area contributed by atoms with Crippen LogP contribution in [0.5, 0.6) is 5.75 Å². The first-order valence-corrected chi connectivity index (χ1v) is 10.1. The SMILES string of the molecule is COc1ccc(C(=O)N[C@@H](CC(=O)O)c2ccccc2C)nc1-c1cc(Cl)ccc1Cl. The lowest BCUT2D eigenvalue weighted by molar-refractivity contribution is -0.137. The van der Waals surface area contributed by atoms with Crippen LogP contribution in [0.3, 0.4) is 0 Å². The highest BCUT2D eigenvalue weighted by atomic mass is 35.5. The van der Waals surface area contributed by atoms with Gasteiger partial charge in [-0.15, -0.1) is 0 Å². The van der Waals surface area contributed by atoms with Gasteiger partial charge in [-0.05, 0) is 48.4 Å². The van der Waals surface area contributed by atoms with Crippen LogP contribution in [0.2, 0.25) is 10.0 Å². The second kappa shape index (κ2) is 9.81. The summed E-state index contributed by atoms with van der Waals surface area (Å²) in [5.41, 5.74) is 2.57. The van der Waals surface area contributed by atoms with Crippen molar-refractivity contribution < 1.29 is 19.4 Å². The lowest BCUT2D eigenvalue weighted by atomic mass is 9.98. The van der Waals surface area contributed by atoms with Crippen LogP contribution in [0.4, 0.5) is 0 Å². The molecule has 1 amide bonds. The van der Waals surface area contributed by atoms with Crippen molar-refractivity contribution in [3.05, 3.63) is 81.5 Å². The van der Waals surface area contributed by atoms with E-state index in [9.17, 15) is 14.7 Å². The third kappa shape index (κ3) is 5.34. The molecule has 160 valence electrons. The number of carboxylic acid groups (broad SMARTS) is 1. The fourth-order valence-electron chi connectivity index (χ4n) is 3.23. The normalized spacial score (nSPS) is 11.6. The van der Waals surface area contributed by atoms with Crippen LogP contribution in [0.1, 0.15) is 34.1 Å². The van der Waals surface area contributed by atoms with Gasteiger partial charge in [0.2, 0.25) is 0 Å². The maximum Gasteiger partial charge on any atom is 0.305 e. The first-order valence-electron chi connectivity index (χ1n) is 9.38. The van der Waals surface area contributed by atoms with Gasteiger partial charge in [0.05, 0.1) is 24.6 Å². The van der Waals surface area contributed by atoms with Crippen LogP contribution < -0.4 is 10.1 Å². The zero-order chi connectivity index (χ0) is 22.5. The van der Waals surface area contributed by atoms with E-state index in [0.29, 0.717) is 27.1 Å². The summed E-state index contributed by atoms with van der Waals surface area (Å²) >= 11 is 12.4. The van der Waals surface area contributed by atoms with E-state index in [2.05, 4.69) is 10.3 Å². The zero-order valence-electron chi connectivity index (χ0n) is 16.9. The minimum Gasteiger partial charge on any atom is -0.494 e. The number of rotatable bonds is 7. The van der Waals surface area contributed by atoms with Crippen LogP contribution in [-0.2, 0) is 4.79 Å². The van der Waals surface area contributed by atoms with Crippen molar-refractivity contribution in [1.82, 2.24) is 10.3 Å². The highest BCUT2D eigenvalue weighted by Crippen LogP contribution is 2.35. The Labute approximate surface area is 189 Å². The molecule has 2 N–H and O–H groups in total. The summed E-state index contributed by atoms with van der Waals surface area (Å²) in [6.07, 6.45) is -0.264. The van der Waals surface area contributed by atoms with Gasteiger partial charge in [0.15, 0.2) is 0 Å². The molecular weight excluding hydrogens is 439 g/mol. The number of carbonyl (C=O) groups excluding carboxylic acids is 1. The summed E-state index contributed by atoms with van der Waals surface area (Å²) in [6.45, 7) is 1.86. The van der Waals surface area contributed by atoms with Gasteiger partial charge in [0, 0.05) is 10.6 Å². The zero-order valence-corrected chi connectivity index (χ0v) is 18.4. The van der Waals surface area contributed by atoms with Crippen LogP contribution >= 0.6 is 23.2 Å². The summed E-state index contributed by atoms with van der Waals surface area (Å²) in [5.74, 6) is -1.12. The summed E-state index contributed by atoms with van der Waals surface area (Å²) < 4.78 is 5.37. The van der Waals surface area contributed by atoms with Gasteiger partial charge < -0.3 is 15.2 Å². The van der Waals surface area contributed by atoms with Gasteiger partial charge in [-0.1, -0.05) is 47.5 Å². The highest BCUT2D eigenvalue weighted by Gasteiger charge is 2.22. The van der Waals surface area contributed by atoms with Crippen LogP contribution in [0.25, 0.3) is 11.3 Å². The Morgan fingerprint density at radius 2 is 1.87 bits per heavy atom. The van der Waals surface area contributed by atoms with Crippen molar-refractivity contribution in [3.8, 4) is 17.0 Å². The number of ether oxygens (including phenoxy) is 1. The van der Waals surface area contributed by atoms with Crippen molar-refractivity contribution in [3.63, 3.8) is 0 Å². The first kappa shape index (κ1) is 22.6. The molecule has 0 unspecified atom stereocenters. The Morgan fingerprint density at radius 3 is 2.55 bits per heavy atom. The molecule has 0 radical (unpaired) electrons. The van der Waals surface area contributed by atoms with E-state index in [0.717, 1.165) is 11.1 Å². The summed E-state index contributed by atoms with van der Waals surface area (Å²) in [6, 6.07) is 14.6. The molecule has 6 nitrogen and oxygen atoms in total. The number of hydrogen-bond acceptors (Lipinski definition) is 4. The molecule has 0 fully saturated rings. The number of benzene rings is 2. The molecule has 0 saturated heterocycles. The van der Waals surface area contributed by atoms with Crippen molar-refractivity contribution in [2.45, 2.75) is 19.4 Å². The first-order chi connectivity index (χ1) is 14.8. The highest BCUT2D eigenvalue weighted by molar-refractivity contribution is 6.35. The van der Waals surface area contributed by atoms with E-state index in [1.165, 1.54) is 13.2 Å². The molecule has 1 heterocycles. The number of aryl methyl sites for hydroxylation is 1. The maximum atomic E-state index is 13.0. The molecule has 8 heteroatoms. The molecule has 0 spiro atoms. The Morgan fingerprint density at radius 1 is 1.13 bits per heavy atom. The minimum atomic E-state index is -1.03. The van der Waals surface area contributed by atoms with Crippen molar-refractivity contribution in [2.75, 3.05) is 7.11 Å². The van der Waals surface area contributed by atoms with E-state index >= 15 is 0 Å². The van der Waals surface area contributed by atoms with Gasteiger partial charge in [-0.3, -0.25) is 9.59 Å². The topological polar surface area (TPSA) is 88.5 Å². The molecule has 0 aliphatic heterocycles. The van der Waals surface area contributed by atoms with Crippen LogP contribution in [0, 0.1) is 6.92 Å². The number of nitrogens with one attached hydrogen (secondary N) is 1. The molecule has 0 bridgehead atoms. The van der Waals surface area contributed by atoms with Gasteiger partial charge in [-0.25, -0.2) is 4.98 Å². The number of carboxylic acids is 1. The van der Waals surface area contributed by atoms with Gasteiger partial charge in [-0.2, -0.15) is 0 Å². The number of halogens is 2. The molecule has 0 aliphatic carbocycles. The average molecular weight is 459 g/mol. The standard InChI is InChI=1S/C23H20Cl2N2O4/c1-13-5-3-4-6-15(13)19(12-21(28)29)27-23(30)18-9-10-20(31-2)22(26-18)16-11-14(24)7-8-17(16)25/h3-11,19H,12H2,1-2H3,(H,27,30)(H,28,29)/t19-/m0/s1. The molecule has 3 rings (SSSR count). The Bertz CT molecular complexity index is 1130. The molecule has 3 aromatic rings. The largest absolute Gasteiger partial charge is 0.494 e. The second-order valence-corrected chi connectivity index (χ2v) is 7.70. The fraction of sp³-hybridized carbons (Fsp3) is 0.174. The predicted molar refractivity (Wildman–Crippen MR) is 120 cm³/mol. The molecular formula is C23H20Cl2N2O4. The molecule has 1 atom stereocenters. The smallest absolute Gasteiger partial charge is 0.305 e. The molecule has 31 heavy (non-hydrogen) atoms. The van der Waals surface area contributed by atoms with E-state index in [1.54, 1.807) is 36.4 Å². The third-order valence-corrected chi connectivity index (χ3v) is 5.31. The Balaban J connectivity index is 1.98. The lowest BCUT2D eigenvalue weighted by Gasteiger charge is -2.19. The number of hydrogen-bond donors (Lipinski definition) is 2. The fourth-order valence-corrected chi connectivity index (χ4v) is 3.61. The number of aromatic nitrogens is 1. The minimum absolute atomic E-state index is 0.0933. The van der Waals surface area contributed by atoms with Crippen molar-refractivity contribution in [1.29, 1.82) is 0 Å². The summed E-state index contributed by atoms with van der Waals surface area (Å²) in [5, 5.41) is 13.0. The van der Waals surface area contributed by atoms with E-state index < -0.39 is 17.9 Å². The number of aliphatic carboxylic acids is 1. The lowest BCUT2D eigenvalue weighted by Crippen LogP contribution is -2.31. The number of amides is 1. The van der Waals surface area contributed by atoms with Gasteiger partial charge in [0.25, 0.3) is 5.91 Å². The summed E-state index contributed by atoms with van der Waals surface area (Å²) in [7, 11) is 1.49. The molecule has 0 saturated carbocycles. The molecule has 0 aliphatic rings. The van der Waals surface area contributed by atoms with Gasteiger partial charge in [0.1, 0.15) is 17.1 Å². The van der Waals surface area contributed by atoms with E-state index in [1.807, 2.05) is 19.1 Å². The number of pyridine rings is 1. The van der Waals surface area contributed by atoms with Gasteiger partial charge >= 0.3 is 5.97 Å². The molecule has 2 aromatic carbocycles. The maximum absolute atomic E-state index is 13.0. The quantitative estimate of drug-likeness (QED) is 0.500. The van der Waals surface area contributed by atoms with Crippen molar-refractivity contribution >= 4 is 35.1 Å². The van der Waals surface area contributed by atoms with Crippen LogP contribution in [0.15, 0.2) is 54.6 Å². The summed E-state index contributed by atoms with van der Waals surface area (Å²) in [4.78, 5) is 28.8. The van der Waals surface area contributed by atoms with E-state index in [-0.39, 0.29) is 12.1 Å². The van der Waals surface area contributed by atoms with E-state index in [4.69, 9.17) is 27.9 Å². The number of carbonyl (C=O) groups is 2. The predicted octanol–water partition coefficient (Wildman–Crippen LogP) is 5.32. The monoisotopic (exact) mass is 458 g/mol. The Hall–Kier alpha value is -3.09. The number of methoxy groups -OCH3 is 1. The third-order valence-electron chi connectivity index (χ3n) is 4.74. The Kier molecular flexibility index (Phi) is 7.15. The van der Waals surface area contributed by atoms with Crippen LogP contribution in [-0.4, -0.2) is 29.1 Å². The molecule has 1 aromatic heterocycles. The number of nitrogens with zero attached hydrogens (tertiary/aromatic N) is 1. The second-order valence-electron chi connectivity index (χ2n) is 6.85.